The van der Waals surface area contributed by atoms with Crippen LogP contribution in [0.1, 0.15) is 52.4 Å². The van der Waals surface area contributed by atoms with Gasteiger partial charge in [0, 0.05) is 24.7 Å². The molecule has 1 heterocycles. The lowest BCUT2D eigenvalue weighted by Gasteiger charge is -2.46. The fourth-order valence-corrected chi connectivity index (χ4v) is 3.87. The second-order valence-electron chi connectivity index (χ2n) is 7.10. The summed E-state index contributed by atoms with van der Waals surface area (Å²) >= 11 is 0. The van der Waals surface area contributed by atoms with E-state index in [1.54, 1.807) is 0 Å². The highest BCUT2D eigenvalue weighted by molar-refractivity contribution is 4.95. The van der Waals surface area contributed by atoms with Crippen molar-refractivity contribution in [2.24, 2.45) is 5.92 Å². The van der Waals surface area contributed by atoms with Crippen molar-refractivity contribution in [2.45, 2.75) is 70.1 Å². The molecule has 0 aromatic carbocycles. The molecular weight excluding hydrogens is 236 g/mol. The third kappa shape index (κ3) is 3.93. The van der Waals surface area contributed by atoms with Crippen LogP contribution in [0.15, 0.2) is 0 Å². The number of hydrogen-bond acceptors (Lipinski definition) is 3. The molecule has 0 radical (unpaired) electrons. The minimum Gasteiger partial charge on any atom is -0.378 e. The molecule has 1 aliphatic heterocycles. The van der Waals surface area contributed by atoms with E-state index in [1.165, 1.54) is 38.5 Å². The summed E-state index contributed by atoms with van der Waals surface area (Å²) in [5.74, 6) is 0.867. The van der Waals surface area contributed by atoms with Gasteiger partial charge in [-0.2, -0.15) is 0 Å². The molecule has 0 aromatic rings. The van der Waals surface area contributed by atoms with E-state index in [-0.39, 0.29) is 0 Å². The Bertz CT molecular complexity index is 282. The van der Waals surface area contributed by atoms with Crippen molar-refractivity contribution < 1.29 is 4.74 Å². The summed E-state index contributed by atoms with van der Waals surface area (Å²) in [5.41, 5.74) is 0.374. The minimum atomic E-state index is 0.374. The number of likely N-dealkylation sites (N-methyl/N-ethyl adjacent to an activating group) is 1. The standard InChI is InChI=1S/C16H32N2O/c1-13-6-5-8-16(11-13,18(3)4)12-17-15-7-9-19-14(2)10-15/h13-15,17H,5-12H2,1-4H3. The van der Waals surface area contributed by atoms with Crippen LogP contribution in [0.2, 0.25) is 0 Å². The van der Waals surface area contributed by atoms with Crippen LogP contribution in [0.25, 0.3) is 0 Å². The molecule has 0 spiro atoms. The van der Waals surface area contributed by atoms with Crippen molar-refractivity contribution in [3.05, 3.63) is 0 Å². The van der Waals surface area contributed by atoms with Gasteiger partial charge in [0.15, 0.2) is 0 Å². The Hall–Kier alpha value is -0.120. The highest BCUT2D eigenvalue weighted by Gasteiger charge is 2.37. The van der Waals surface area contributed by atoms with E-state index in [9.17, 15) is 0 Å². The number of ether oxygens (including phenoxy) is 1. The van der Waals surface area contributed by atoms with Crippen molar-refractivity contribution in [1.82, 2.24) is 10.2 Å². The molecule has 2 rings (SSSR count). The van der Waals surface area contributed by atoms with E-state index >= 15 is 0 Å². The zero-order chi connectivity index (χ0) is 13.9. The maximum Gasteiger partial charge on any atom is 0.0561 e. The van der Waals surface area contributed by atoms with Gasteiger partial charge in [-0.1, -0.05) is 19.8 Å². The predicted molar refractivity (Wildman–Crippen MR) is 80.5 cm³/mol. The predicted octanol–water partition coefficient (Wildman–Crippen LogP) is 2.65. The molecule has 4 unspecified atom stereocenters. The van der Waals surface area contributed by atoms with Gasteiger partial charge >= 0.3 is 0 Å². The molecule has 1 saturated heterocycles. The first-order valence-electron chi connectivity index (χ1n) is 8.04. The maximum absolute atomic E-state index is 5.64. The number of nitrogens with zero attached hydrogens (tertiary/aromatic N) is 1. The molecule has 112 valence electrons. The lowest BCUT2D eigenvalue weighted by atomic mass is 9.75. The fraction of sp³-hybridized carbons (Fsp3) is 1.00. The van der Waals surface area contributed by atoms with Crippen molar-refractivity contribution >= 4 is 0 Å². The number of hydrogen-bond donors (Lipinski definition) is 1. The van der Waals surface area contributed by atoms with Gasteiger partial charge in [-0.3, -0.25) is 0 Å². The molecule has 3 heteroatoms. The topological polar surface area (TPSA) is 24.5 Å². The molecule has 1 saturated carbocycles. The molecule has 0 aromatic heterocycles. The molecular formula is C16H32N2O. The van der Waals surface area contributed by atoms with Crippen molar-refractivity contribution in [2.75, 3.05) is 27.2 Å². The van der Waals surface area contributed by atoms with E-state index in [2.05, 4.69) is 38.2 Å². The van der Waals surface area contributed by atoms with Crippen LogP contribution in [0.3, 0.4) is 0 Å². The first-order valence-corrected chi connectivity index (χ1v) is 8.04. The average Bonchev–Trinajstić information content (AvgIpc) is 2.36. The zero-order valence-corrected chi connectivity index (χ0v) is 13.2. The molecule has 0 amide bonds. The number of rotatable bonds is 4. The summed E-state index contributed by atoms with van der Waals surface area (Å²) in [6.45, 7) is 6.66. The van der Waals surface area contributed by atoms with Gasteiger partial charge in [0.1, 0.15) is 0 Å². The second-order valence-corrected chi connectivity index (χ2v) is 7.10. The van der Waals surface area contributed by atoms with Crippen LogP contribution in [0.5, 0.6) is 0 Å². The average molecular weight is 268 g/mol. The summed E-state index contributed by atoms with van der Waals surface area (Å²) in [6.07, 6.45) is 8.23. The quantitative estimate of drug-likeness (QED) is 0.848. The van der Waals surface area contributed by atoms with Crippen LogP contribution < -0.4 is 5.32 Å². The van der Waals surface area contributed by atoms with Gasteiger partial charge in [0.2, 0.25) is 0 Å². The number of nitrogens with one attached hydrogen (secondary N) is 1. The first-order chi connectivity index (χ1) is 9.02. The molecule has 3 nitrogen and oxygen atoms in total. The van der Waals surface area contributed by atoms with E-state index in [1.807, 2.05) is 0 Å². The molecule has 0 bridgehead atoms. The fourth-order valence-electron chi connectivity index (χ4n) is 3.87. The first kappa shape index (κ1) is 15.3. The van der Waals surface area contributed by atoms with Crippen LogP contribution in [0, 0.1) is 5.92 Å². The van der Waals surface area contributed by atoms with Crippen molar-refractivity contribution in [1.29, 1.82) is 0 Å². The lowest BCUT2D eigenvalue weighted by Crippen LogP contribution is -2.56. The second kappa shape index (κ2) is 6.55. The van der Waals surface area contributed by atoms with E-state index < -0.39 is 0 Å². The van der Waals surface area contributed by atoms with Gasteiger partial charge in [-0.25, -0.2) is 0 Å². The third-order valence-electron chi connectivity index (χ3n) is 5.22. The van der Waals surface area contributed by atoms with Crippen LogP contribution in [-0.4, -0.2) is 49.8 Å². The molecule has 19 heavy (non-hydrogen) atoms. The Labute approximate surface area is 119 Å². The van der Waals surface area contributed by atoms with Crippen LogP contribution >= 0.6 is 0 Å². The highest BCUT2D eigenvalue weighted by Crippen LogP contribution is 2.35. The van der Waals surface area contributed by atoms with E-state index in [0.29, 0.717) is 17.7 Å². The Kier molecular flexibility index (Phi) is 5.27. The molecule has 2 aliphatic rings. The summed E-state index contributed by atoms with van der Waals surface area (Å²) in [7, 11) is 4.51. The molecule has 1 aliphatic carbocycles. The monoisotopic (exact) mass is 268 g/mol. The molecule has 2 fully saturated rings. The molecule has 4 atom stereocenters. The van der Waals surface area contributed by atoms with Crippen molar-refractivity contribution in [3.63, 3.8) is 0 Å². The Balaban J connectivity index is 1.89. The summed E-state index contributed by atoms with van der Waals surface area (Å²) in [4.78, 5) is 2.47. The maximum atomic E-state index is 5.64. The van der Waals surface area contributed by atoms with Crippen LogP contribution in [0.4, 0.5) is 0 Å². The van der Waals surface area contributed by atoms with Crippen molar-refractivity contribution in [3.8, 4) is 0 Å². The van der Waals surface area contributed by atoms with Gasteiger partial charge in [0.05, 0.1) is 6.10 Å². The SMILES string of the molecule is CC1CCCC(CNC2CCOC(C)C2)(N(C)C)C1. The summed E-state index contributed by atoms with van der Waals surface area (Å²) in [5, 5.41) is 3.84. The smallest absolute Gasteiger partial charge is 0.0561 e. The van der Waals surface area contributed by atoms with Crippen LogP contribution in [-0.2, 0) is 4.74 Å². The van der Waals surface area contributed by atoms with Gasteiger partial charge in [-0.05, 0) is 52.6 Å². The van der Waals surface area contributed by atoms with E-state index in [4.69, 9.17) is 4.74 Å². The highest BCUT2D eigenvalue weighted by atomic mass is 16.5. The largest absolute Gasteiger partial charge is 0.378 e. The normalized spacial score (nSPS) is 40.6. The Morgan fingerprint density at radius 3 is 2.68 bits per heavy atom. The third-order valence-corrected chi connectivity index (χ3v) is 5.22. The summed E-state index contributed by atoms with van der Waals surface area (Å²) < 4.78 is 5.64. The minimum absolute atomic E-state index is 0.374. The van der Waals surface area contributed by atoms with Gasteiger partial charge in [0.25, 0.3) is 0 Å². The van der Waals surface area contributed by atoms with Gasteiger partial charge < -0.3 is 15.0 Å². The lowest BCUT2D eigenvalue weighted by molar-refractivity contribution is 0.00648. The Morgan fingerprint density at radius 2 is 2.05 bits per heavy atom. The molecule has 1 N–H and O–H groups in total. The van der Waals surface area contributed by atoms with Gasteiger partial charge in [-0.15, -0.1) is 0 Å². The summed E-state index contributed by atoms with van der Waals surface area (Å²) in [6, 6.07) is 0.651. The van der Waals surface area contributed by atoms with E-state index in [0.717, 1.165) is 19.1 Å². The zero-order valence-electron chi connectivity index (χ0n) is 13.2. The Morgan fingerprint density at radius 1 is 1.26 bits per heavy atom.